The summed E-state index contributed by atoms with van der Waals surface area (Å²) in [7, 11) is 1.73. The Bertz CT molecular complexity index is 1290. The number of benzene rings is 1. The maximum Gasteiger partial charge on any atom is 0.261 e. The highest BCUT2D eigenvalue weighted by molar-refractivity contribution is 5.85. The number of fused-ring (bicyclic) bond motifs is 3. The van der Waals surface area contributed by atoms with E-state index >= 15 is 0 Å². The van der Waals surface area contributed by atoms with Gasteiger partial charge in [-0.05, 0) is 24.5 Å². The van der Waals surface area contributed by atoms with Crippen molar-refractivity contribution in [2.45, 2.75) is 19.3 Å². The second-order valence-electron chi connectivity index (χ2n) is 6.82. The van der Waals surface area contributed by atoms with Crippen LogP contribution in [0.2, 0.25) is 0 Å². The summed E-state index contributed by atoms with van der Waals surface area (Å²) in [6, 6.07) is 7.44. The summed E-state index contributed by atoms with van der Waals surface area (Å²) in [6.07, 6.45) is 4.75. The van der Waals surface area contributed by atoms with E-state index in [0.717, 1.165) is 17.6 Å². The summed E-state index contributed by atoms with van der Waals surface area (Å²) >= 11 is 0. The number of nitriles is 1. The quantitative estimate of drug-likeness (QED) is 0.553. The van der Waals surface area contributed by atoms with Gasteiger partial charge in [0.25, 0.3) is 5.56 Å². The average Bonchev–Trinajstić information content (AvgIpc) is 3.08. The lowest BCUT2D eigenvalue weighted by molar-refractivity contribution is 0.759. The predicted molar refractivity (Wildman–Crippen MR) is 94.5 cm³/mol. The number of aryl methyl sites for hydroxylation is 1. The molecule has 1 aliphatic rings. The number of para-hydroxylation sites is 1. The average molecular weight is 345 g/mol. The molecule has 2 atom stereocenters. The third-order valence-corrected chi connectivity index (χ3v) is 5.24. The Kier molecular flexibility index (Phi) is 2.86. The molecule has 0 aliphatic heterocycles. The monoisotopic (exact) mass is 345 g/mol. The van der Waals surface area contributed by atoms with Crippen molar-refractivity contribution in [1.29, 1.82) is 5.26 Å². The van der Waals surface area contributed by atoms with Gasteiger partial charge in [-0.2, -0.15) is 5.26 Å². The summed E-state index contributed by atoms with van der Waals surface area (Å²) in [4.78, 5) is 17.3. The van der Waals surface area contributed by atoms with Crippen LogP contribution in [-0.4, -0.2) is 28.9 Å². The Morgan fingerprint density at radius 3 is 2.77 bits per heavy atom. The van der Waals surface area contributed by atoms with E-state index < -0.39 is 0 Å². The lowest BCUT2D eigenvalue weighted by Crippen LogP contribution is -2.19. The minimum Gasteiger partial charge on any atom is -0.295 e. The molecule has 1 fully saturated rings. The molecule has 128 valence electrons. The molecular formula is C18H15N7O. The van der Waals surface area contributed by atoms with Crippen molar-refractivity contribution in [3.63, 3.8) is 0 Å². The van der Waals surface area contributed by atoms with Gasteiger partial charge in [0.2, 0.25) is 6.19 Å². The van der Waals surface area contributed by atoms with Gasteiger partial charge in [0.1, 0.15) is 23.4 Å². The van der Waals surface area contributed by atoms with E-state index in [4.69, 9.17) is 0 Å². The van der Waals surface area contributed by atoms with Crippen molar-refractivity contribution in [3.8, 4) is 17.6 Å². The molecule has 8 heteroatoms. The second kappa shape index (κ2) is 5.02. The van der Waals surface area contributed by atoms with Crippen molar-refractivity contribution in [1.82, 2.24) is 28.9 Å². The molecule has 5 rings (SSSR count). The molecule has 2 unspecified atom stereocenters. The maximum atomic E-state index is 12.8. The van der Waals surface area contributed by atoms with Gasteiger partial charge >= 0.3 is 0 Å². The number of hydrogen-bond acceptors (Lipinski definition) is 5. The van der Waals surface area contributed by atoms with Gasteiger partial charge in [-0.25, -0.2) is 4.98 Å². The van der Waals surface area contributed by atoms with E-state index in [9.17, 15) is 10.1 Å². The lowest BCUT2D eigenvalue weighted by atomic mass is 10.1. The van der Waals surface area contributed by atoms with Crippen LogP contribution in [0, 0.1) is 17.4 Å². The summed E-state index contributed by atoms with van der Waals surface area (Å²) in [5.41, 5.74) is 3.27. The maximum absolute atomic E-state index is 12.8. The fourth-order valence-corrected chi connectivity index (χ4v) is 3.71. The molecule has 0 bridgehead atoms. The van der Waals surface area contributed by atoms with Crippen LogP contribution in [0.5, 0.6) is 0 Å². The molecule has 0 amide bonds. The third kappa shape index (κ3) is 1.82. The molecule has 3 aromatic heterocycles. The van der Waals surface area contributed by atoms with Crippen molar-refractivity contribution >= 4 is 16.6 Å². The molecule has 1 saturated carbocycles. The van der Waals surface area contributed by atoms with Crippen molar-refractivity contribution in [2.24, 2.45) is 13.0 Å². The first kappa shape index (κ1) is 14.8. The van der Waals surface area contributed by atoms with E-state index in [2.05, 4.69) is 28.4 Å². The van der Waals surface area contributed by atoms with Crippen LogP contribution in [0.3, 0.4) is 0 Å². The molecule has 1 aliphatic carbocycles. The fraction of sp³-hybridized carbons (Fsp3) is 0.278. The summed E-state index contributed by atoms with van der Waals surface area (Å²) in [5, 5.41) is 18.2. The molecule has 3 heterocycles. The number of hydrogen-bond donors (Lipinski definition) is 0. The molecule has 0 spiro atoms. The molecule has 8 nitrogen and oxygen atoms in total. The van der Waals surface area contributed by atoms with Gasteiger partial charge in [-0.15, -0.1) is 9.78 Å². The predicted octanol–water partition coefficient (Wildman–Crippen LogP) is 1.90. The van der Waals surface area contributed by atoms with Crippen LogP contribution in [-0.2, 0) is 7.05 Å². The summed E-state index contributed by atoms with van der Waals surface area (Å²) in [5.74, 6) is 0.728. The first-order chi connectivity index (χ1) is 12.6. The fourth-order valence-electron chi connectivity index (χ4n) is 3.71. The molecule has 0 radical (unpaired) electrons. The van der Waals surface area contributed by atoms with Crippen molar-refractivity contribution in [2.75, 3.05) is 0 Å². The van der Waals surface area contributed by atoms with Gasteiger partial charge < -0.3 is 0 Å². The van der Waals surface area contributed by atoms with E-state index in [-0.39, 0.29) is 11.5 Å². The number of nitrogens with zero attached hydrogens (tertiary/aromatic N) is 7. The van der Waals surface area contributed by atoms with Gasteiger partial charge in [0.15, 0.2) is 0 Å². The Labute approximate surface area is 147 Å². The minimum absolute atomic E-state index is 0.0936. The zero-order valence-electron chi connectivity index (χ0n) is 14.3. The van der Waals surface area contributed by atoms with E-state index in [1.165, 1.54) is 4.68 Å². The van der Waals surface area contributed by atoms with Gasteiger partial charge in [0.05, 0.1) is 16.6 Å². The number of rotatable bonds is 2. The van der Waals surface area contributed by atoms with E-state index in [0.29, 0.717) is 28.3 Å². The first-order valence-electron chi connectivity index (χ1n) is 8.42. The topological polar surface area (TPSA) is 93.8 Å². The lowest BCUT2D eigenvalue weighted by Gasteiger charge is -2.08. The van der Waals surface area contributed by atoms with Crippen molar-refractivity contribution in [3.05, 3.63) is 46.6 Å². The standard InChI is InChI=1S/C18H15N7O/c1-10-7-12(10)16-14(21-22-25(16)8-19)15-17-23(2)18(26)11-5-3-4-6-13(11)24(17)9-20-15/h3-6,9-10,12H,7H2,1-2H3. The number of imidazole rings is 1. The smallest absolute Gasteiger partial charge is 0.261 e. The van der Waals surface area contributed by atoms with Crippen LogP contribution in [0.25, 0.3) is 27.9 Å². The van der Waals surface area contributed by atoms with Crippen molar-refractivity contribution < 1.29 is 0 Å². The Morgan fingerprint density at radius 1 is 1.27 bits per heavy atom. The van der Waals surface area contributed by atoms with Gasteiger partial charge in [-0.1, -0.05) is 24.3 Å². The minimum atomic E-state index is -0.0936. The molecule has 0 N–H and O–H groups in total. The molecule has 0 saturated heterocycles. The highest BCUT2D eigenvalue weighted by atomic mass is 16.1. The second-order valence-corrected chi connectivity index (χ2v) is 6.82. The molecular weight excluding hydrogens is 330 g/mol. The molecule has 1 aromatic carbocycles. The zero-order chi connectivity index (χ0) is 18.0. The third-order valence-electron chi connectivity index (χ3n) is 5.24. The van der Waals surface area contributed by atoms with Gasteiger partial charge in [-0.3, -0.25) is 13.8 Å². The first-order valence-corrected chi connectivity index (χ1v) is 8.42. The Balaban J connectivity index is 1.87. The number of aromatic nitrogens is 6. The van der Waals surface area contributed by atoms with Crippen LogP contribution < -0.4 is 5.56 Å². The Hall–Kier alpha value is -3.47. The van der Waals surface area contributed by atoms with Crippen LogP contribution in [0.15, 0.2) is 35.4 Å². The Morgan fingerprint density at radius 2 is 2.04 bits per heavy atom. The van der Waals surface area contributed by atoms with E-state index in [1.807, 2.05) is 22.6 Å². The SMILES string of the molecule is CC1CC1c1c(-c2ncn3c4ccccc4c(=O)n(C)c23)nnn1C#N. The summed E-state index contributed by atoms with van der Waals surface area (Å²) < 4.78 is 4.74. The zero-order valence-corrected chi connectivity index (χ0v) is 14.3. The van der Waals surface area contributed by atoms with Crippen LogP contribution >= 0.6 is 0 Å². The molecule has 26 heavy (non-hydrogen) atoms. The largest absolute Gasteiger partial charge is 0.295 e. The van der Waals surface area contributed by atoms with Gasteiger partial charge in [0, 0.05) is 13.0 Å². The van der Waals surface area contributed by atoms with Crippen LogP contribution in [0.4, 0.5) is 0 Å². The highest BCUT2D eigenvalue weighted by Crippen LogP contribution is 2.49. The summed E-state index contributed by atoms with van der Waals surface area (Å²) in [6.45, 7) is 2.14. The molecule has 4 aromatic rings. The highest BCUT2D eigenvalue weighted by Gasteiger charge is 2.40. The normalized spacial score (nSPS) is 19.1. The van der Waals surface area contributed by atoms with E-state index in [1.54, 1.807) is 24.0 Å². The van der Waals surface area contributed by atoms with Crippen LogP contribution in [0.1, 0.15) is 25.0 Å².